The molecule has 3 aromatic rings. The first-order valence-corrected chi connectivity index (χ1v) is 19.2. The molecule has 0 bridgehead atoms. The third kappa shape index (κ3) is 8.73. The van der Waals surface area contributed by atoms with Crippen molar-refractivity contribution in [3.05, 3.63) is 57.7 Å². The minimum Gasteiger partial charge on any atom is -0.495 e. The van der Waals surface area contributed by atoms with Crippen LogP contribution in [0.25, 0.3) is 0 Å². The third-order valence-corrected chi connectivity index (χ3v) is 11.0. The molecule has 2 saturated carbocycles. The maximum atomic E-state index is 14.7. The van der Waals surface area contributed by atoms with Gasteiger partial charge in [0.25, 0.3) is 0 Å². The summed E-state index contributed by atoms with van der Waals surface area (Å²) in [5.41, 5.74) is 1.59. The summed E-state index contributed by atoms with van der Waals surface area (Å²) in [6.45, 7) is 7.46. The fourth-order valence-corrected chi connectivity index (χ4v) is 8.10. The van der Waals surface area contributed by atoms with Gasteiger partial charge >= 0.3 is 12.1 Å². The van der Waals surface area contributed by atoms with E-state index in [0.717, 1.165) is 24.8 Å². The van der Waals surface area contributed by atoms with Crippen molar-refractivity contribution < 1.29 is 28.6 Å². The van der Waals surface area contributed by atoms with Crippen LogP contribution >= 0.6 is 23.2 Å². The van der Waals surface area contributed by atoms with Crippen LogP contribution in [-0.4, -0.2) is 59.9 Å². The lowest BCUT2D eigenvalue weighted by atomic mass is 9.68. The van der Waals surface area contributed by atoms with E-state index in [4.69, 9.17) is 47.4 Å². The van der Waals surface area contributed by atoms with E-state index in [2.05, 4.69) is 16.0 Å². The number of carbonyl (C=O) groups is 3. The monoisotopic (exact) mass is 781 g/mol. The van der Waals surface area contributed by atoms with Gasteiger partial charge < -0.3 is 30.2 Å². The van der Waals surface area contributed by atoms with E-state index < -0.39 is 17.7 Å². The summed E-state index contributed by atoms with van der Waals surface area (Å²) in [4.78, 5) is 52.5. The van der Waals surface area contributed by atoms with Crippen molar-refractivity contribution in [2.75, 3.05) is 34.7 Å². The molecule has 54 heavy (non-hydrogen) atoms. The van der Waals surface area contributed by atoms with Gasteiger partial charge in [-0.15, -0.1) is 0 Å². The highest BCUT2D eigenvalue weighted by atomic mass is 35.5. The molecule has 0 radical (unpaired) electrons. The number of rotatable bonds is 11. The van der Waals surface area contributed by atoms with Crippen LogP contribution < -0.4 is 35.2 Å². The van der Waals surface area contributed by atoms with E-state index in [1.807, 2.05) is 39.0 Å². The third-order valence-electron chi connectivity index (χ3n) is 10.3. The summed E-state index contributed by atoms with van der Waals surface area (Å²) in [7, 11) is 2.94. The summed E-state index contributed by atoms with van der Waals surface area (Å²) in [6.07, 6.45) is 7.90. The highest BCUT2D eigenvalue weighted by Gasteiger charge is 2.40. The summed E-state index contributed by atoms with van der Waals surface area (Å²) in [6, 6.07) is 8.06. The summed E-state index contributed by atoms with van der Waals surface area (Å²) >= 11 is 13.7. The Balaban J connectivity index is 1.36. The Morgan fingerprint density at radius 3 is 2.33 bits per heavy atom. The summed E-state index contributed by atoms with van der Waals surface area (Å²) in [5, 5.41) is 9.82. The molecule has 2 aromatic carbocycles. The molecule has 1 aliphatic heterocycles. The Bertz CT molecular complexity index is 1860. The Labute approximate surface area is 326 Å². The molecule has 15 heteroatoms. The Hall–Kier alpha value is -4.49. The highest BCUT2D eigenvalue weighted by molar-refractivity contribution is 6.42. The van der Waals surface area contributed by atoms with Crippen molar-refractivity contribution in [3.63, 3.8) is 0 Å². The molecule has 0 spiro atoms. The Morgan fingerprint density at radius 2 is 1.70 bits per heavy atom. The van der Waals surface area contributed by atoms with Crippen molar-refractivity contribution in [1.29, 1.82) is 0 Å². The average molecular weight is 783 g/mol. The molecular weight excluding hydrogens is 733 g/mol. The molecular formula is C39H49Cl2N7O6. The number of halogens is 2. The number of methoxy groups -OCH3 is 2. The quantitative estimate of drug-likeness (QED) is 0.174. The van der Waals surface area contributed by atoms with Gasteiger partial charge in [-0.25, -0.2) is 14.6 Å². The molecule has 13 nitrogen and oxygen atoms in total. The average Bonchev–Trinajstić information content (AvgIpc) is 3.10. The normalized spacial score (nSPS) is 20.1. The standard InChI is InChI=1S/C39H49Cl2N7O6/c1-7-31(49)43-26-13-8-10-22(16-26)20-48-35-25(21-47(38(48)51)34-32(40)29(52-5)18-30(53-6)33(34)41)19-42-36(46-35)44-28-17-24(23-11-9-12-23)14-15-27(28)45-37(50)54-39(2,3)4/h8,10,13,16,18-19,23-24,27-28H,7,9,11-12,14-15,17,20-21H2,1-6H3,(H,43,49)(H,45,50)(H,42,44,46). The predicted molar refractivity (Wildman–Crippen MR) is 210 cm³/mol. The van der Waals surface area contributed by atoms with Crippen LogP contribution in [0, 0.1) is 11.8 Å². The van der Waals surface area contributed by atoms with E-state index in [9.17, 15) is 14.4 Å². The van der Waals surface area contributed by atoms with E-state index in [1.165, 1.54) is 38.4 Å². The van der Waals surface area contributed by atoms with Crippen molar-refractivity contribution in [1.82, 2.24) is 15.3 Å². The lowest BCUT2D eigenvalue weighted by Gasteiger charge is -2.43. The fourth-order valence-electron chi connectivity index (χ4n) is 7.39. The van der Waals surface area contributed by atoms with E-state index in [1.54, 1.807) is 30.2 Å². The lowest BCUT2D eigenvalue weighted by Crippen LogP contribution is -2.52. The van der Waals surface area contributed by atoms with Gasteiger partial charge in [0.05, 0.1) is 39.0 Å². The van der Waals surface area contributed by atoms with Crippen molar-refractivity contribution in [3.8, 4) is 11.5 Å². The van der Waals surface area contributed by atoms with Gasteiger partial charge in [-0.3, -0.25) is 14.6 Å². The minimum atomic E-state index is -0.632. The largest absolute Gasteiger partial charge is 0.495 e. The fraction of sp³-hybridized carbons (Fsp3) is 0.513. The molecule has 3 N–H and O–H groups in total. The first-order chi connectivity index (χ1) is 25.8. The molecule has 2 heterocycles. The molecule has 2 fully saturated rings. The number of ether oxygens (including phenoxy) is 3. The number of amides is 4. The van der Waals surface area contributed by atoms with Crippen LogP contribution in [-0.2, 0) is 22.6 Å². The number of nitrogens with one attached hydrogen (secondary N) is 3. The molecule has 6 rings (SSSR count). The second-order valence-corrected chi connectivity index (χ2v) is 15.9. The number of urea groups is 1. The molecule has 2 aliphatic carbocycles. The predicted octanol–water partition coefficient (Wildman–Crippen LogP) is 8.57. The van der Waals surface area contributed by atoms with Crippen LogP contribution in [0.1, 0.15) is 83.8 Å². The number of benzene rings is 2. The van der Waals surface area contributed by atoms with Gasteiger partial charge in [-0.2, -0.15) is 4.98 Å². The molecule has 3 atom stereocenters. The van der Waals surface area contributed by atoms with Crippen molar-refractivity contribution in [2.24, 2.45) is 11.8 Å². The Morgan fingerprint density at radius 1 is 0.981 bits per heavy atom. The number of nitrogens with zero attached hydrogens (tertiary/aromatic N) is 4. The second-order valence-electron chi connectivity index (χ2n) is 15.1. The molecule has 4 amide bonds. The van der Waals surface area contributed by atoms with Gasteiger partial charge in [0.15, 0.2) is 0 Å². The number of anilines is 4. The van der Waals surface area contributed by atoms with Crippen LogP contribution in [0.3, 0.4) is 0 Å². The first-order valence-electron chi connectivity index (χ1n) is 18.5. The Kier molecular flexibility index (Phi) is 12.0. The number of aromatic nitrogens is 2. The van der Waals surface area contributed by atoms with Gasteiger partial charge in [-0.1, -0.05) is 61.5 Å². The van der Waals surface area contributed by atoms with Gasteiger partial charge in [0, 0.05) is 36.0 Å². The van der Waals surface area contributed by atoms with E-state index >= 15 is 0 Å². The van der Waals surface area contributed by atoms with Crippen LogP contribution in [0.5, 0.6) is 11.5 Å². The minimum absolute atomic E-state index is 0.0588. The van der Waals surface area contributed by atoms with E-state index in [0.29, 0.717) is 41.3 Å². The zero-order chi connectivity index (χ0) is 38.7. The molecule has 3 aliphatic rings. The van der Waals surface area contributed by atoms with Crippen LogP contribution in [0.15, 0.2) is 36.5 Å². The van der Waals surface area contributed by atoms with Crippen molar-refractivity contribution >= 4 is 64.4 Å². The lowest BCUT2D eigenvalue weighted by molar-refractivity contribution is -0.115. The summed E-state index contributed by atoms with van der Waals surface area (Å²) in [5.74, 6) is 2.38. The van der Waals surface area contributed by atoms with E-state index in [-0.39, 0.29) is 58.3 Å². The van der Waals surface area contributed by atoms with Crippen molar-refractivity contribution in [2.45, 2.75) is 103 Å². The highest BCUT2D eigenvalue weighted by Crippen LogP contribution is 2.48. The number of carbonyl (C=O) groups excluding carboxylic acids is 3. The number of hydrogen-bond acceptors (Lipinski definition) is 9. The first kappa shape index (κ1) is 39.2. The van der Waals surface area contributed by atoms with Crippen LogP contribution in [0.2, 0.25) is 10.0 Å². The number of hydrogen-bond donors (Lipinski definition) is 3. The van der Waals surface area contributed by atoms with Gasteiger partial charge in [0.2, 0.25) is 11.9 Å². The van der Waals surface area contributed by atoms with Crippen LogP contribution in [0.4, 0.5) is 32.7 Å². The molecule has 0 saturated heterocycles. The molecule has 1 aromatic heterocycles. The molecule has 290 valence electrons. The second kappa shape index (κ2) is 16.5. The zero-order valence-corrected chi connectivity index (χ0v) is 33.1. The van der Waals surface area contributed by atoms with Gasteiger partial charge in [-0.05, 0) is 69.6 Å². The number of fused-ring (bicyclic) bond motifs is 1. The SMILES string of the molecule is CCC(=O)Nc1cccc(CN2C(=O)N(c3c(Cl)c(OC)cc(OC)c3Cl)Cc3cnc(NC4CC(C5CCC5)CCC4NC(=O)OC(C)(C)C)nc32)c1. The smallest absolute Gasteiger partial charge is 0.407 e. The van der Waals surface area contributed by atoms with Gasteiger partial charge in [0.1, 0.15) is 33.0 Å². The summed E-state index contributed by atoms with van der Waals surface area (Å²) < 4.78 is 16.6. The topological polar surface area (TPSA) is 147 Å². The number of alkyl carbamates (subject to hydrolysis) is 1. The maximum absolute atomic E-state index is 14.7. The maximum Gasteiger partial charge on any atom is 0.407 e. The molecule has 3 unspecified atom stereocenters. The zero-order valence-electron chi connectivity index (χ0n) is 31.6.